The summed E-state index contributed by atoms with van der Waals surface area (Å²) in [6, 6.07) is 3.95. The highest BCUT2D eigenvalue weighted by Gasteiger charge is 2.22. The second-order valence-electron chi connectivity index (χ2n) is 4.75. The number of aromatic amines is 1. The number of nitrogens with zero attached hydrogens (tertiary/aromatic N) is 1. The number of nitrogens with one attached hydrogen (secondary N) is 3. The van der Waals surface area contributed by atoms with Gasteiger partial charge in [0.1, 0.15) is 11.6 Å². The maximum atomic E-state index is 13.3. The molecular formula is C14H15FN4O2. The number of carbonyl (C=O) groups excluding carboxylic acids is 1. The number of benzene rings is 1. The standard InChI is InChI=1S/C14H15FN4O2/c1-21-12-3-2-8(15)6-11(12)17-14(20)13-9-7-16-5-4-10(9)18-19-13/h2-3,6,16H,4-5,7H2,1H3,(H,17,20)(H,18,19). The van der Waals surface area contributed by atoms with Crippen molar-refractivity contribution in [3.8, 4) is 5.75 Å². The molecule has 6 nitrogen and oxygen atoms in total. The zero-order valence-corrected chi connectivity index (χ0v) is 11.5. The van der Waals surface area contributed by atoms with Gasteiger partial charge in [-0.3, -0.25) is 9.89 Å². The molecule has 1 aliphatic heterocycles. The van der Waals surface area contributed by atoms with E-state index in [0.717, 1.165) is 24.2 Å². The predicted octanol–water partition coefficient (Wildman–Crippen LogP) is 1.46. The lowest BCUT2D eigenvalue weighted by Crippen LogP contribution is -2.25. The van der Waals surface area contributed by atoms with Gasteiger partial charge in [0, 0.05) is 36.8 Å². The maximum absolute atomic E-state index is 13.3. The van der Waals surface area contributed by atoms with Gasteiger partial charge in [0.25, 0.3) is 5.91 Å². The van der Waals surface area contributed by atoms with Crippen molar-refractivity contribution >= 4 is 11.6 Å². The predicted molar refractivity (Wildman–Crippen MR) is 74.9 cm³/mol. The molecule has 0 radical (unpaired) electrons. The first-order valence-corrected chi connectivity index (χ1v) is 6.60. The van der Waals surface area contributed by atoms with Crippen LogP contribution in [0.1, 0.15) is 21.7 Å². The van der Waals surface area contributed by atoms with Crippen LogP contribution in [0.3, 0.4) is 0 Å². The van der Waals surface area contributed by atoms with Crippen molar-refractivity contribution < 1.29 is 13.9 Å². The zero-order chi connectivity index (χ0) is 14.8. The lowest BCUT2D eigenvalue weighted by atomic mass is 10.1. The number of hydrogen-bond donors (Lipinski definition) is 3. The SMILES string of the molecule is COc1ccc(F)cc1NC(=O)c1n[nH]c2c1CNCC2. The summed E-state index contributed by atoms with van der Waals surface area (Å²) in [6.45, 7) is 1.45. The van der Waals surface area contributed by atoms with Crippen molar-refractivity contribution in [3.63, 3.8) is 0 Å². The molecule has 0 saturated carbocycles. The number of ether oxygens (including phenoxy) is 1. The van der Waals surface area contributed by atoms with Crippen molar-refractivity contribution in [1.29, 1.82) is 0 Å². The van der Waals surface area contributed by atoms with Gasteiger partial charge in [0.05, 0.1) is 12.8 Å². The molecule has 1 aliphatic rings. The average molecular weight is 290 g/mol. The van der Waals surface area contributed by atoms with E-state index >= 15 is 0 Å². The van der Waals surface area contributed by atoms with Crippen molar-refractivity contribution in [2.75, 3.05) is 19.0 Å². The Morgan fingerprint density at radius 3 is 3.14 bits per heavy atom. The molecule has 0 fully saturated rings. The third kappa shape index (κ3) is 2.59. The summed E-state index contributed by atoms with van der Waals surface area (Å²) in [5.74, 6) is -0.441. The number of fused-ring (bicyclic) bond motifs is 1. The molecule has 0 saturated heterocycles. The number of methoxy groups -OCH3 is 1. The molecule has 7 heteroatoms. The highest BCUT2D eigenvalue weighted by atomic mass is 19.1. The average Bonchev–Trinajstić information content (AvgIpc) is 2.91. The Labute approximate surface area is 120 Å². The van der Waals surface area contributed by atoms with E-state index in [-0.39, 0.29) is 11.6 Å². The van der Waals surface area contributed by atoms with E-state index in [0.29, 0.717) is 18.0 Å². The second kappa shape index (κ2) is 5.53. The number of aromatic nitrogens is 2. The molecule has 0 atom stereocenters. The maximum Gasteiger partial charge on any atom is 0.276 e. The lowest BCUT2D eigenvalue weighted by Gasteiger charge is -2.13. The molecule has 21 heavy (non-hydrogen) atoms. The first-order chi connectivity index (χ1) is 10.2. The summed E-state index contributed by atoms with van der Waals surface area (Å²) in [4.78, 5) is 12.3. The fraction of sp³-hybridized carbons (Fsp3) is 0.286. The van der Waals surface area contributed by atoms with Gasteiger partial charge in [0.15, 0.2) is 5.69 Å². The van der Waals surface area contributed by atoms with Crippen LogP contribution in [0.5, 0.6) is 5.75 Å². The smallest absolute Gasteiger partial charge is 0.276 e. The molecule has 110 valence electrons. The Bertz CT molecular complexity index is 684. The summed E-state index contributed by atoms with van der Waals surface area (Å²) in [5, 5.41) is 12.8. The van der Waals surface area contributed by atoms with Crippen LogP contribution in [0, 0.1) is 5.82 Å². The zero-order valence-electron chi connectivity index (χ0n) is 11.5. The number of rotatable bonds is 3. The summed E-state index contributed by atoms with van der Waals surface area (Å²) in [5.41, 5.74) is 2.42. The van der Waals surface area contributed by atoms with Crippen molar-refractivity contribution in [2.45, 2.75) is 13.0 Å². The van der Waals surface area contributed by atoms with Gasteiger partial charge < -0.3 is 15.4 Å². The Morgan fingerprint density at radius 1 is 1.48 bits per heavy atom. The third-order valence-corrected chi connectivity index (χ3v) is 3.43. The number of hydrogen-bond acceptors (Lipinski definition) is 4. The molecule has 0 aliphatic carbocycles. The monoisotopic (exact) mass is 290 g/mol. The molecule has 1 aromatic carbocycles. The summed E-state index contributed by atoms with van der Waals surface area (Å²) in [7, 11) is 1.46. The summed E-state index contributed by atoms with van der Waals surface area (Å²) in [6.07, 6.45) is 0.804. The number of carbonyl (C=O) groups is 1. The molecule has 2 aromatic rings. The molecule has 1 aromatic heterocycles. The normalized spacial score (nSPS) is 13.6. The minimum absolute atomic E-state index is 0.281. The van der Waals surface area contributed by atoms with Crippen molar-refractivity contribution in [3.05, 3.63) is 41.0 Å². The van der Waals surface area contributed by atoms with Crippen LogP contribution < -0.4 is 15.4 Å². The third-order valence-electron chi connectivity index (χ3n) is 3.43. The molecule has 3 rings (SSSR count). The molecule has 2 heterocycles. The van der Waals surface area contributed by atoms with E-state index in [4.69, 9.17) is 4.74 Å². The minimum atomic E-state index is -0.447. The highest BCUT2D eigenvalue weighted by molar-refractivity contribution is 6.04. The topological polar surface area (TPSA) is 79.0 Å². The van der Waals surface area contributed by atoms with Crippen LogP contribution in [0.4, 0.5) is 10.1 Å². The van der Waals surface area contributed by atoms with Gasteiger partial charge in [-0.25, -0.2) is 4.39 Å². The Morgan fingerprint density at radius 2 is 2.33 bits per heavy atom. The van der Waals surface area contributed by atoms with Crippen molar-refractivity contribution in [2.24, 2.45) is 0 Å². The Kier molecular flexibility index (Phi) is 3.57. The lowest BCUT2D eigenvalue weighted by molar-refractivity contribution is 0.102. The molecule has 0 bridgehead atoms. The van der Waals surface area contributed by atoms with Crippen LogP contribution in [0.15, 0.2) is 18.2 Å². The minimum Gasteiger partial charge on any atom is -0.495 e. The van der Waals surface area contributed by atoms with E-state index in [9.17, 15) is 9.18 Å². The first kappa shape index (κ1) is 13.6. The van der Waals surface area contributed by atoms with Gasteiger partial charge in [-0.1, -0.05) is 0 Å². The molecular weight excluding hydrogens is 275 g/mol. The van der Waals surface area contributed by atoms with Crippen LogP contribution >= 0.6 is 0 Å². The largest absolute Gasteiger partial charge is 0.495 e. The summed E-state index contributed by atoms with van der Waals surface area (Å²) < 4.78 is 18.4. The molecule has 3 N–H and O–H groups in total. The second-order valence-corrected chi connectivity index (χ2v) is 4.75. The van der Waals surface area contributed by atoms with E-state index in [1.54, 1.807) is 0 Å². The molecule has 0 unspecified atom stereocenters. The van der Waals surface area contributed by atoms with Crippen LogP contribution in [0.25, 0.3) is 0 Å². The highest BCUT2D eigenvalue weighted by Crippen LogP contribution is 2.26. The quantitative estimate of drug-likeness (QED) is 0.799. The van der Waals surface area contributed by atoms with Crippen LogP contribution in [-0.4, -0.2) is 29.8 Å². The van der Waals surface area contributed by atoms with Gasteiger partial charge in [-0.2, -0.15) is 5.10 Å². The number of anilines is 1. The van der Waals surface area contributed by atoms with Crippen molar-refractivity contribution in [1.82, 2.24) is 15.5 Å². The molecule has 1 amide bonds. The van der Waals surface area contributed by atoms with E-state index in [1.807, 2.05) is 0 Å². The first-order valence-electron chi connectivity index (χ1n) is 6.60. The Balaban J connectivity index is 1.87. The van der Waals surface area contributed by atoms with Crippen LogP contribution in [-0.2, 0) is 13.0 Å². The number of H-pyrrole nitrogens is 1. The fourth-order valence-corrected chi connectivity index (χ4v) is 2.37. The van der Waals surface area contributed by atoms with E-state index < -0.39 is 5.82 Å². The van der Waals surface area contributed by atoms with E-state index in [2.05, 4.69) is 20.8 Å². The van der Waals surface area contributed by atoms with Gasteiger partial charge in [-0.05, 0) is 12.1 Å². The number of amides is 1. The molecule has 0 spiro atoms. The van der Waals surface area contributed by atoms with Crippen LogP contribution in [0.2, 0.25) is 0 Å². The number of halogens is 1. The van der Waals surface area contributed by atoms with Gasteiger partial charge in [0.2, 0.25) is 0 Å². The fourth-order valence-electron chi connectivity index (χ4n) is 2.37. The summed E-state index contributed by atoms with van der Waals surface area (Å²) >= 11 is 0. The Hall–Kier alpha value is -2.41. The van der Waals surface area contributed by atoms with Gasteiger partial charge >= 0.3 is 0 Å². The van der Waals surface area contributed by atoms with E-state index in [1.165, 1.54) is 25.3 Å². The van der Waals surface area contributed by atoms with Gasteiger partial charge in [-0.15, -0.1) is 0 Å².